The molecule has 1 aromatic rings. The largest absolute Gasteiger partial charge is 0.399 e. The zero-order valence-electron chi connectivity index (χ0n) is 9.13. The third-order valence-electron chi connectivity index (χ3n) is 2.31. The van der Waals surface area contributed by atoms with Gasteiger partial charge >= 0.3 is 10.3 Å². The average molecular weight is 244 g/mol. The van der Waals surface area contributed by atoms with E-state index in [2.05, 4.69) is 0 Å². The number of anilines is 1. The van der Waals surface area contributed by atoms with E-state index in [1.54, 1.807) is 19.1 Å². The molecule has 6 heteroatoms. The standard InChI is InChI=1S/C10H16N2O3S/c1-2-12(16(13,14)15)8-7-9-3-5-10(11)6-4-9/h3-6H,2,7-8,11H2,1H3,(H,13,14,15). The summed E-state index contributed by atoms with van der Waals surface area (Å²) < 4.78 is 31.7. The van der Waals surface area contributed by atoms with E-state index >= 15 is 0 Å². The van der Waals surface area contributed by atoms with Gasteiger partial charge in [0.1, 0.15) is 0 Å². The minimum absolute atomic E-state index is 0.258. The van der Waals surface area contributed by atoms with Crippen LogP contribution in [0.15, 0.2) is 24.3 Å². The van der Waals surface area contributed by atoms with Crippen LogP contribution in [0.25, 0.3) is 0 Å². The zero-order chi connectivity index (χ0) is 12.2. The van der Waals surface area contributed by atoms with Crippen molar-refractivity contribution in [1.29, 1.82) is 0 Å². The lowest BCUT2D eigenvalue weighted by Crippen LogP contribution is -2.32. The maximum atomic E-state index is 10.9. The molecule has 1 aromatic carbocycles. The minimum atomic E-state index is -4.08. The van der Waals surface area contributed by atoms with Crippen LogP contribution in [0.5, 0.6) is 0 Å². The third-order valence-corrected chi connectivity index (χ3v) is 3.40. The van der Waals surface area contributed by atoms with Crippen LogP contribution in [-0.4, -0.2) is 30.4 Å². The second-order valence-electron chi connectivity index (χ2n) is 3.46. The van der Waals surface area contributed by atoms with E-state index in [4.69, 9.17) is 10.3 Å². The first kappa shape index (κ1) is 13.0. The summed E-state index contributed by atoms with van der Waals surface area (Å²) in [5.74, 6) is 0. The van der Waals surface area contributed by atoms with E-state index in [0.29, 0.717) is 12.1 Å². The van der Waals surface area contributed by atoms with Crippen molar-refractivity contribution < 1.29 is 13.0 Å². The van der Waals surface area contributed by atoms with Crippen molar-refractivity contribution >= 4 is 16.0 Å². The van der Waals surface area contributed by atoms with Crippen LogP contribution in [0.1, 0.15) is 12.5 Å². The van der Waals surface area contributed by atoms with Gasteiger partial charge in [-0.2, -0.15) is 12.7 Å². The van der Waals surface area contributed by atoms with Crippen molar-refractivity contribution in [3.8, 4) is 0 Å². The molecule has 0 unspecified atom stereocenters. The lowest BCUT2D eigenvalue weighted by atomic mass is 10.1. The summed E-state index contributed by atoms with van der Waals surface area (Å²) in [6.45, 7) is 2.20. The van der Waals surface area contributed by atoms with Crippen molar-refractivity contribution in [1.82, 2.24) is 4.31 Å². The lowest BCUT2D eigenvalue weighted by Gasteiger charge is -2.15. The molecule has 0 radical (unpaired) electrons. The summed E-state index contributed by atoms with van der Waals surface area (Å²) in [5.41, 5.74) is 7.19. The molecule has 5 nitrogen and oxygen atoms in total. The SMILES string of the molecule is CCN(CCc1ccc(N)cc1)S(=O)(=O)O. The first-order valence-corrected chi connectivity index (χ1v) is 6.40. The normalized spacial score (nSPS) is 11.9. The molecule has 0 amide bonds. The average Bonchev–Trinajstić information content (AvgIpc) is 2.19. The van der Waals surface area contributed by atoms with Gasteiger partial charge in [-0.05, 0) is 24.1 Å². The topological polar surface area (TPSA) is 83.6 Å². The first-order valence-electron chi connectivity index (χ1n) is 5.00. The molecule has 0 saturated heterocycles. The molecule has 1 rings (SSSR count). The van der Waals surface area contributed by atoms with Crippen molar-refractivity contribution in [2.75, 3.05) is 18.8 Å². The predicted molar refractivity (Wildman–Crippen MR) is 63.4 cm³/mol. The van der Waals surface area contributed by atoms with Crippen molar-refractivity contribution in [2.24, 2.45) is 0 Å². The summed E-state index contributed by atoms with van der Waals surface area (Å²) in [4.78, 5) is 0. The fourth-order valence-electron chi connectivity index (χ4n) is 1.37. The Morgan fingerprint density at radius 2 is 1.88 bits per heavy atom. The molecule has 16 heavy (non-hydrogen) atoms. The van der Waals surface area contributed by atoms with E-state index in [-0.39, 0.29) is 13.1 Å². The fraction of sp³-hybridized carbons (Fsp3) is 0.400. The quantitative estimate of drug-likeness (QED) is 0.596. The van der Waals surface area contributed by atoms with Crippen LogP contribution in [0.4, 0.5) is 5.69 Å². The smallest absolute Gasteiger partial charge is 0.335 e. The van der Waals surface area contributed by atoms with E-state index in [1.807, 2.05) is 12.1 Å². The molecule has 0 aliphatic heterocycles. The Morgan fingerprint density at radius 1 is 1.31 bits per heavy atom. The molecule has 0 aromatic heterocycles. The van der Waals surface area contributed by atoms with E-state index < -0.39 is 10.3 Å². The highest BCUT2D eigenvalue weighted by Crippen LogP contribution is 2.07. The van der Waals surface area contributed by atoms with Gasteiger partial charge in [-0.1, -0.05) is 19.1 Å². The Bertz CT molecular complexity index is 428. The Kier molecular flexibility index (Phi) is 4.28. The van der Waals surface area contributed by atoms with Crippen LogP contribution < -0.4 is 5.73 Å². The van der Waals surface area contributed by atoms with E-state index in [1.165, 1.54) is 0 Å². The van der Waals surface area contributed by atoms with Crippen molar-refractivity contribution in [3.05, 3.63) is 29.8 Å². The number of hydrogen-bond acceptors (Lipinski definition) is 3. The number of nitrogens with zero attached hydrogens (tertiary/aromatic N) is 1. The Labute approximate surface area is 95.8 Å². The molecule has 90 valence electrons. The highest BCUT2D eigenvalue weighted by atomic mass is 32.2. The minimum Gasteiger partial charge on any atom is -0.399 e. The summed E-state index contributed by atoms with van der Waals surface area (Å²) in [6, 6.07) is 7.21. The van der Waals surface area contributed by atoms with Gasteiger partial charge in [-0.3, -0.25) is 4.55 Å². The van der Waals surface area contributed by atoms with E-state index in [9.17, 15) is 8.42 Å². The van der Waals surface area contributed by atoms with E-state index in [0.717, 1.165) is 9.87 Å². The third kappa shape index (κ3) is 3.80. The molecule has 0 bridgehead atoms. The van der Waals surface area contributed by atoms with Crippen molar-refractivity contribution in [3.63, 3.8) is 0 Å². The highest BCUT2D eigenvalue weighted by molar-refractivity contribution is 7.83. The van der Waals surface area contributed by atoms with Gasteiger partial charge in [0.2, 0.25) is 0 Å². The van der Waals surface area contributed by atoms with Gasteiger partial charge in [-0.25, -0.2) is 0 Å². The maximum Gasteiger partial charge on any atom is 0.335 e. The molecule has 0 atom stereocenters. The summed E-state index contributed by atoms with van der Waals surface area (Å²) >= 11 is 0. The van der Waals surface area contributed by atoms with Gasteiger partial charge in [-0.15, -0.1) is 0 Å². The molecule has 3 N–H and O–H groups in total. The first-order chi connectivity index (χ1) is 7.43. The predicted octanol–water partition coefficient (Wildman–Crippen LogP) is 0.936. The van der Waals surface area contributed by atoms with Crippen LogP contribution in [0, 0.1) is 0 Å². The van der Waals surface area contributed by atoms with Crippen molar-refractivity contribution in [2.45, 2.75) is 13.3 Å². The van der Waals surface area contributed by atoms with Gasteiger partial charge in [0.15, 0.2) is 0 Å². The summed E-state index contributed by atoms with van der Waals surface area (Å²) in [7, 11) is -4.08. The number of likely N-dealkylation sites (N-methyl/N-ethyl adjacent to an activating group) is 1. The maximum absolute atomic E-state index is 10.9. The number of rotatable bonds is 5. The molecule has 0 heterocycles. The second-order valence-corrected chi connectivity index (χ2v) is 4.87. The molecular formula is C10H16N2O3S. The van der Waals surface area contributed by atoms with Gasteiger partial charge < -0.3 is 5.73 Å². The Morgan fingerprint density at radius 3 is 2.31 bits per heavy atom. The zero-order valence-corrected chi connectivity index (χ0v) is 9.94. The van der Waals surface area contributed by atoms with Crippen LogP contribution in [0.3, 0.4) is 0 Å². The second kappa shape index (κ2) is 5.29. The Hall–Kier alpha value is -1.11. The number of nitrogens with two attached hydrogens (primary N) is 1. The van der Waals surface area contributed by atoms with Gasteiger partial charge in [0, 0.05) is 18.8 Å². The number of nitrogen functional groups attached to an aromatic ring is 1. The molecular weight excluding hydrogens is 228 g/mol. The van der Waals surface area contributed by atoms with Gasteiger partial charge in [0.25, 0.3) is 0 Å². The summed E-state index contributed by atoms with van der Waals surface area (Å²) in [6.07, 6.45) is 0.550. The molecule has 0 aliphatic carbocycles. The highest BCUT2D eigenvalue weighted by Gasteiger charge is 2.15. The Balaban J connectivity index is 2.60. The molecule has 0 fully saturated rings. The number of benzene rings is 1. The summed E-state index contributed by atoms with van der Waals surface area (Å²) in [5, 5.41) is 0. The lowest BCUT2D eigenvalue weighted by molar-refractivity contribution is 0.363. The molecule has 0 spiro atoms. The molecule has 0 saturated carbocycles. The number of hydrogen-bond donors (Lipinski definition) is 2. The van der Waals surface area contributed by atoms with Crippen LogP contribution in [-0.2, 0) is 16.7 Å². The fourth-order valence-corrected chi connectivity index (χ4v) is 2.02. The van der Waals surface area contributed by atoms with Crippen LogP contribution in [0.2, 0.25) is 0 Å². The monoisotopic (exact) mass is 244 g/mol. The molecule has 0 aliphatic rings. The van der Waals surface area contributed by atoms with Crippen LogP contribution >= 0.6 is 0 Å². The van der Waals surface area contributed by atoms with Gasteiger partial charge in [0.05, 0.1) is 0 Å².